The average Bonchev–Trinajstić information content (AvgIpc) is 2.60. The van der Waals surface area contributed by atoms with Gasteiger partial charge in [0.1, 0.15) is 0 Å². The minimum Gasteiger partial charge on any atom is -0.346 e. The average molecular weight is 393 g/mol. The Morgan fingerprint density at radius 3 is 2.54 bits per heavy atom. The normalized spacial score (nSPS) is 15.3. The summed E-state index contributed by atoms with van der Waals surface area (Å²) in [6, 6.07) is 12.4. The van der Waals surface area contributed by atoms with Crippen molar-refractivity contribution in [2.45, 2.75) is 25.8 Å². The first kappa shape index (κ1) is 18.7. The van der Waals surface area contributed by atoms with Crippen LogP contribution in [-0.2, 0) is 16.4 Å². The van der Waals surface area contributed by atoms with Gasteiger partial charge >= 0.3 is 0 Å². The molecule has 0 fully saturated rings. The molecule has 138 valence electrons. The SMILES string of the molecule is CC(NC(=O)c1ccc2c(c1)CCCN2S(C)(=O)=O)c1ccc(Cl)cc1. The van der Waals surface area contributed by atoms with Crippen molar-refractivity contribution in [2.24, 2.45) is 0 Å². The van der Waals surface area contributed by atoms with Crippen LogP contribution in [0.15, 0.2) is 42.5 Å². The van der Waals surface area contributed by atoms with Crippen molar-refractivity contribution >= 4 is 33.2 Å². The molecule has 0 bridgehead atoms. The number of nitrogens with one attached hydrogen (secondary N) is 1. The third kappa shape index (κ3) is 4.02. The van der Waals surface area contributed by atoms with Gasteiger partial charge in [-0.2, -0.15) is 0 Å². The molecular weight excluding hydrogens is 372 g/mol. The van der Waals surface area contributed by atoms with E-state index in [0.29, 0.717) is 22.8 Å². The van der Waals surface area contributed by atoms with Crippen molar-refractivity contribution in [1.29, 1.82) is 0 Å². The molecule has 0 radical (unpaired) electrons. The highest BCUT2D eigenvalue weighted by Gasteiger charge is 2.24. The summed E-state index contributed by atoms with van der Waals surface area (Å²) in [6.45, 7) is 2.38. The molecule has 0 aromatic heterocycles. The van der Waals surface area contributed by atoms with Crippen LogP contribution in [0.2, 0.25) is 5.02 Å². The number of hydrogen-bond acceptors (Lipinski definition) is 3. The van der Waals surface area contributed by atoms with Gasteiger partial charge in [-0.3, -0.25) is 9.10 Å². The Balaban J connectivity index is 1.79. The van der Waals surface area contributed by atoms with Gasteiger partial charge in [-0.1, -0.05) is 23.7 Å². The van der Waals surface area contributed by atoms with Gasteiger partial charge in [0.2, 0.25) is 10.0 Å². The molecule has 2 aromatic carbocycles. The monoisotopic (exact) mass is 392 g/mol. The molecular formula is C19H21ClN2O3S. The van der Waals surface area contributed by atoms with Crippen molar-refractivity contribution in [3.63, 3.8) is 0 Å². The van der Waals surface area contributed by atoms with Crippen LogP contribution in [0.25, 0.3) is 0 Å². The summed E-state index contributed by atoms with van der Waals surface area (Å²) in [5.41, 5.74) is 3.04. The maximum atomic E-state index is 12.6. The molecule has 7 heteroatoms. The second-order valence-electron chi connectivity index (χ2n) is 6.53. The lowest BCUT2D eigenvalue weighted by molar-refractivity contribution is 0.0940. The van der Waals surface area contributed by atoms with Gasteiger partial charge in [0.05, 0.1) is 18.0 Å². The van der Waals surface area contributed by atoms with E-state index < -0.39 is 10.0 Å². The largest absolute Gasteiger partial charge is 0.346 e. The molecule has 1 atom stereocenters. The minimum absolute atomic E-state index is 0.164. The lowest BCUT2D eigenvalue weighted by Gasteiger charge is -2.29. The number of hydrogen-bond donors (Lipinski definition) is 1. The molecule has 1 N–H and O–H groups in total. The Morgan fingerprint density at radius 1 is 1.19 bits per heavy atom. The molecule has 0 saturated heterocycles. The van der Waals surface area contributed by atoms with E-state index in [9.17, 15) is 13.2 Å². The predicted octanol–water partition coefficient (Wildman–Crippen LogP) is 3.54. The van der Waals surface area contributed by atoms with Crippen molar-refractivity contribution in [3.05, 3.63) is 64.2 Å². The Hall–Kier alpha value is -2.05. The summed E-state index contributed by atoms with van der Waals surface area (Å²) >= 11 is 5.90. The second-order valence-corrected chi connectivity index (χ2v) is 8.87. The van der Waals surface area contributed by atoms with Crippen LogP contribution in [0.1, 0.15) is 40.9 Å². The summed E-state index contributed by atoms with van der Waals surface area (Å²) < 4.78 is 25.3. The molecule has 1 unspecified atom stereocenters. The topological polar surface area (TPSA) is 66.5 Å². The molecule has 1 heterocycles. The number of amides is 1. The van der Waals surface area contributed by atoms with Crippen LogP contribution in [0.4, 0.5) is 5.69 Å². The number of aryl methyl sites for hydroxylation is 1. The van der Waals surface area contributed by atoms with Crippen molar-refractivity contribution in [3.8, 4) is 0 Å². The van der Waals surface area contributed by atoms with E-state index in [4.69, 9.17) is 11.6 Å². The maximum absolute atomic E-state index is 12.6. The quantitative estimate of drug-likeness (QED) is 0.865. The lowest BCUT2D eigenvalue weighted by Crippen LogP contribution is -2.35. The standard InChI is InChI=1S/C19H21ClN2O3S/c1-13(14-5-8-17(20)9-6-14)21-19(23)16-7-10-18-15(12-16)4-3-11-22(18)26(2,24)25/h5-10,12-13H,3-4,11H2,1-2H3,(H,21,23). The smallest absolute Gasteiger partial charge is 0.251 e. The number of benzene rings is 2. The third-order valence-electron chi connectivity index (χ3n) is 4.54. The molecule has 1 amide bonds. The number of anilines is 1. The Bertz CT molecular complexity index is 926. The van der Waals surface area contributed by atoms with Crippen LogP contribution >= 0.6 is 11.6 Å². The summed E-state index contributed by atoms with van der Waals surface area (Å²) in [6.07, 6.45) is 2.71. The molecule has 1 aliphatic rings. The number of rotatable bonds is 4. The molecule has 0 spiro atoms. The zero-order chi connectivity index (χ0) is 18.9. The van der Waals surface area contributed by atoms with E-state index in [0.717, 1.165) is 24.0 Å². The molecule has 26 heavy (non-hydrogen) atoms. The van der Waals surface area contributed by atoms with E-state index in [1.54, 1.807) is 30.3 Å². The highest BCUT2D eigenvalue weighted by Crippen LogP contribution is 2.30. The summed E-state index contributed by atoms with van der Waals surface area (Å²) in [7, 11) is -3.31. The number of sulfonamides is 1. The van der Waals surface area contributed by atoms with Gasteiger partial charge in [0.15, 0.2) is 0 Å². The van der Waals surface area contributed by atoms with Gasteiger partial charge in [-0.05, 0) is 61.2 Å². The molecule has 5 nitrogen and oxygen atoms in total. The van der Waals surface area contributed by atoms with E-state index in [-0.39, 0.29) is 11.9 Å². The third-order valence-corrected chi connectivity index (χ3v) is 5.97. The van der Waals surface area contributed by atoms with Crippen molar-refractivity contribution in [1.82, 2.24) is 5.32 Å². The molecule has 0 aliphatic carbocycles. The fourth-order valence-electron chi connectivity index (χ4n) is 3.16. The number of carbonyl (C=O) groups excluding carboxylic acids is 1. The van der Waals surface area contributed by atoms with Crippen LogP contribution in [0, 0.1) is 0 Å². The first-order valence-corrected chi connectivity index (χ1v) is 10.7. The minimum atomic E-state index is -3.31. The highest BCUT2D eigenvalue weighted by atomic mass is 35.5. The fraction of sp³-hybridized carbons (Fsp3) is 0.316. The van der Waals surface area contributed by atoms with Crippen molar-refractivity contribution in [2.75, 3.05) is 17.1 Å². The number of nitrogens with zero attached hydrogens (tertiary/aromatic N) is 1. The molecule has 1 aliphatic heterocycles. The number of fused-ring (bicyclic) bond motifs is 1. The van der Waals surface area contributed by atoms with Gasteiger partial charge in [0, 0.05) is 17.1 Å². The predicted molar refractivity (Wildman–Crippen MR) is 104 cm³/mol. The van der Waals surface area contributed by atoms with Gasteiger partial charge < -0.3 is 5.32 Å². The summed E-state index contributed by atoms with van der Waals surface area (Å²) in [5.74, 6) is -0.188. The summed E-state index contributed by atoms with van der Waals surface area (Å²) in [5, 5.41) is 3.62. The lowest BCUT2D eigenvalue weighted by atomic mass is 10.00. The first-order valence-electron chi connectivity index (χ1n) is 8.42. The summed E-state index contributed by atoms with van der Waals surface area (Å²) in [4.78, 5) is 12.6. The van der Waals surface area contributed by atoms with Crippen LogP contribution in [0.5, 0.6) is 0 Å². The van der Waals surface area contributed by atoms with Crippen molar-refractivity contribution < 1.29 is 13.2 Å². The van der Waals surface area contributed by atoms with Gasteiger partial charge in [-0.25, -0.2) is 8.42 Å². The Morgan fingerprint density at radius 2 is 1.88 bits per heavy atom. The van der Waals surface area contributed by atoms with Crippen LogP contribution < -0.4 is 9.62 Å². The highest BCUT2D eigenvalue weighted by molar-refractivity contribution is 7.92. The fourth-order valence-corrected chi connectivity index (χ4v) is 4.29. The Kier molecular flexibility index (Phi) is 5.25. The first-order chi connectivity index (χ1) is 12.3. The van der Waals surface area contributed by atoms with Gasteiger partial charge in [-0.15, -0.1) is 0 Å². The number of carbonyl (C=O) groups is 1. The van der Waals surface area contributed by atoms with E-state index in [1.807, 2.05) is 19.1 Å². The molecule has 2 aromatic rings. The van der Waals surface area contributed by atoms with E-state index >= 15 is 0 Å². The van der Waals surface area contributed by atoms with Crippen LogP contribution in [0.3, 0.4) is 0 Å². The molecule has 0 saturated carbocycles. The van der Waals surface area contributed by atoms with Gasteiger partial charge in [0.25, 0.3) is 5.91 Å². The van der Waals surface area contributed by atoms with E-state index in [1.165, 1.54) is 10.6 Å². The number of halogens is 1. The van der Waals surface area contributed by atoms with E-state index in [2.05, 4.69) is 5.32 Å². The zero-order valence-electron chi connectivity index (χ0n) is 14.7. The zero-order valence-corrected chi connectivity index (χ0v) is 16.3. The second kappa shape index (κ2) is 7.29. The molecule has 3 rings (SSSR count). The maximum Gasteiger partial charge on any atom is 0.251 e. The van der Waals surface area contributed by atoms with Crippen LogP contribution in [-0.4, -0.2) is 27.1 Å². The Labute approximate surface area is 159 Å².